The van der Waals surface area contributed by atoms with Crippen LogP contribution in [0.1, 0.15) is 15.9 Å². The number of carbonyl (C=O) groups is 1. The van der Waals surface area contributed by atoms with Gasteiger partial charge in [0.25, 0.3) is 5.91 Å². The zero-order chi connectivity index (χ0) is 18.9. The second-order valence-corrected chi connectivity index (χ2v) is 4.75. The van der Waals surface area contributed by atoms with Gasteiger partial charge in [-0.15, -0.1) is 0 Å². The third kappa shape index (κ3) is 3.39. The molecule has 0 fully saturated rings. The fourth-order valence-electron chi connectivity index (χ4n) is 1.95. The van der Waals surface area contributed by atoms with Gasteiger partial charge in [-0.25, -0.2) is 13.8 Å². The maximum absolute atomic E-state index is 14.2. The number of aromatic nitrogens is 1. The first-order chi connectivity index (χ1) is 11.6. The lowest BCUT2D eigenvalue weighted by Crippen LogP contribution is -2.19. The van der Waals surface area contributed by atoms with Crippen LogP contribution in [0.4, 0.5) is 39.1 Å². The molecule has 1 amide bonds. The quantitative estimate of drug-likeness (QED) is 0.575. The molecule has 2 aromatic rings. The van der Waals surface area contributed by atoms with Crippen LogP contribution >= 0.6 is 0 Å². The Balaban J connectivity index is 2.46. The van der Waals surface area contributed by atoms with Gasteiger partial charge in [-0.1, -0.05) is 0 Å². The zero-order valence-corrected chi connectivity index (χ0v) is 12.5. The molecule has 1 aromatic heterocycles. The van der Waals surface area contributed by atoms with Crippen LogP contribution in [0.5, 0.6) is 5.75 Å². The minimum Gasteiger partial charge on any atom is -0.493 e. The standard InChI is InChI=1S/C14H11F5N4O2/c1-25-12-7(8(15)10(20)11(21)9(12)16)13(24)23-6-4-5(2-3-22-6)14(17,18)19/h2-4H,20-21H2,1H3,(H,22,23,24). The van der Waals surface area contributed by atoms with Crippen LogP contribution in [-0.4, -0.2) is 18.0 Å². The van der Waals surface area contributed by atoms with E-state index in [1.807, 2.05) is 5.32 Å². The normalized spacial score (nSPS) is 11.3. The molecular weight excluding hydrogens is 351 g/mol. The van der Waals surface area contributed by atoms with Crippen molar-refractivity contribution in [3.63, 3.8) is 0 Å². The number of nitrogens with two attached hydrogens (primary N) is 2. The Morgan fingerprint density at radius 2 is 1.80 bits per heavy atom. The number of alkyl halides is 3. The predicted molar refractivity (Wildman–Crippen MR) is 78.9 cm³/mol. The van der Waals surface area contributed by atoms with E-state index in [0.717, 1.165) is 13.3 Å². The molecular formula is C14H11F5N4O2. The number of carbonyl (C=O) groups excluding carboxylic acids is 1. The Kier molecular flexibility index (Phi) is 4.68. The van der Waals surface area contributed by atoms with Gasteiger partial charge in [0.05, 0.1) is 24.0 Å². The van der Waals surface area contributed by atoms with E-state index in [-0.39, 0.29) is 0 Å². The van der Waals surface area contributed by atoms with Gasteiger partial charge in [-0.2, -0.15) is 13.2 Å². The lowest BCUT2D eigenvalue weighted by Gasteiger charge is -2.15. The van der Waals surface area contributed by atoms with E-state index in [4.69, 9.17) is 11.5 Å². The number of pyridine rings is 1. The van der Waals surface area contributed by atoms with Crippen molar-refractivity contribution in [2.24, 2.45) is 0 Å². The van der Waals surface area contributed by atoms with Crippen LogP contribution in [-0.2, 0) is 6.18 Å². The van der Waals surface area contributed by atoms with E-state index < -0.39 is 57.8 Å². The molecule has 25 heavy (non-hydrogen) atoms. The van der Waals surface area contributed by atoms with Crippen LogP contribution in [0.25, 0.3) is 0 Å². The molecule has 5 N–H and O–H groups in total. The Morgan fingerprint density at radius 1 is 1.20 bits per heavy atom. The number of benzene rings is 1. The summed E-state index contributed by atoms with van der Waals surface area (Å²) in [7, 11) is 0.951. The Hall–Kier alpha value is -3.11. The van der Waals surface area contributed by atoms with Gasteiger partial charge in [-0.3, -0.25) is 4.79 Å². The Morgan fingerprint density at radius 3 is 2.36 bits per heavy atom. The van der Waals surface area contributed by atoms with E-state index in [9.17, 15) is 26.7 Å². The number of nitrogen functional groups attached to an aromatic ring is 2. The summed E-state index contributed by atoms with van der Waals surface area (Å²) in [4.78, 5) is 15.7. The minimum atomic E-state index is -4.68. The largest absolute Gasteiger partial charge is 0.493 e. The average Bonchev–Trinajstić information content (AvgIpc) is 2.55. The van der Waals surface area contributed by atoms with Gasteiger partial charge >= 0.3 is 6.18 Å². The summed E-state index contributed by atoms with van der Waals surface area (Å²) in [5.41, 5.74) is 6.90. The van der Waals surface area contributed by atoms with E-state index in [1.165, 1.54) is 0 Å². The summed E-state index contributed by atoms with van der Waals surface area (Å²) in [5.74, 6) is -5.33. The second kappa shape index (κ2) is 6.42. The van der Waals surface area contributed by atoms with Crippen molar-refractivity contribution in [1.82, 2.24) is 4.98 Å². The third-order valence-electron chi connectivity index (χ3n) is 3.17. The van der Waals surface area contributed by atoms with Crippen LogP contribution in [0.3, 0.4) is 0 Å². The van der Waals surface area contributed by atoms with E-state index in [0.29, 0.717) is 12.1 Å². The fourth-order valence-corrected chi connectivity index (χ4v) is 1.95. The second-order valence-electron chi connectivity index (χ2n) is 4.75. The molecule has 0 radical (unpaired) electrons. The molecule has 0 saturated carbocycles. The molecule has 0 spiro atoms. The van der Waals surface area contributed by atoms with Gasteiger partial charge in [0, 0.05) is 6.20 Å². The lowest BCUT2D eigenvalue weighted by molar-refractivity contribution is -0.137. The Bertz CT molecular complexity index is 839. The molecule has 0 unspecified atom stereocenters. The lowest BCUT2D eigenvalue weighted by atomic mass is 10.1. The maximum Gasteiger partial charge on any atom is 0.416 e. The van der Waals surface area contributed by atoms with Crippen LogP contribution in [0.15, 0.2) is 18.3 Å². The summed E-state index contributed by atoms with van der Waals surface area (Å²) >= 11 is 0. The Labute approximate surface area is 137 Å². The predicted octanol–water partition coefficient (Wildman–Crippen LogP) is 2.80. The highest BCUT2D eigenvalue weighted by molar-refractivity contribution is 6.07. The molecule has 1 heterocycles. The molecule has 0 bridgehead atoms. The number of methoxy groups -OCH3 is 1. The summed E-state index contributed by atoms with van der Waals surface area (Å²) in [6.07, 6.45) is -3.88. The average molecular weight is 362 g/mol. The molecule has 0 aliphatic carbocycles. The first-order valence-corrected chi connectivity index (χ1v) is 6.52. The van der Waals surface area contributed by atoms with E-state index in [1.54, 1.807) is 0 Å². The van der Waals surface area contributed by atoms with Crippen molar-refractivity contribution in [2.45, 2.75) is 6.18 Å². The van der Waals surface area contributed by atoms with Gasteiger partial charge in [-0.05, 0) is 12.1 Å². The first kappa shape index (κ1) is 18.2. The molecule has 0 atom stereocenters. The number of hydrogen-bond donors (Lipinski definition) is 3. The number of nitrogens with one attached hydrogen (secondary N) is 1. The number of nitrogens with zero attached hydrogens (tertiary/aromatic N) is 1. The molecule has 134 valence electrons. The van der Waals surface area contributed by atoms with Crippen molar-refractivity contribution in [2.75, 3.05) is 23.9 Å². The number of rotatable bonds is 3. The number of amides is 1. The molecule has 0 aliphatic heterocycles. The monoisotopic (exact) mass is 362 g/mol. The highest BCUT2D eigenvalue weighted by atomic mass is 19.4. The topological polar surface area (TPSA) is 103 Å². The molecule has 0 aliphatic rings. The number of anilines is 3. The fraction of sp³-hybridized carbons (Fsp3) is 0.143. The summed E-state index contributed by atoms with van der Waals surface area (Å²) in [5, 5.41) is 1.93. The van der Waals surface area contributed by atoms with Crippen LogP contribution < -0.4 is 21.5 Å². The maximum atomic E-state index is 14.2. The first-order valence-electron chi connectivity index (χ1n) is 6.52. The smallest absolute Gasteiger partial charge is 0.416 e. The van der Waals surface area contributed by atoms with E-state index >= 15 is 0 Å². The van der Waals surface area contributed by atoms with Gasteiger partial charge in [0.15, 0.2) is 17.4 Å². The molecule has 6 nitrogen and oxygen atoms in total. The van der Waals surface area contributed by atoms with Crippen molar-refractivity contribution in [1.29, 1.82) is 0 Å². The number of halogens is 5. The molecule has 1 aromatic carbocycles. The summed E-state index contributed by atoms with van der Waals surface area (Å²) < 4.78 is 70.8. The van der Waals surface area contributed by atoms with Crippen molar-refractivity contribution < 1.29 is 31.5 Å². The van der Waals surface area contributed by atoms with Crippen LogP contribution in [0, 0.1) is 11.6 Å². The van der Waals surface area contributed by atoms with Gasteiger partial charge in [0.1, 0.15) is 11.4 Å². The zero-order valence-electron chi connectivity index (χ0n) is 12.5. The molecule has 0 saturated heterocycles. The highest BCUT2D eigenvalue weighted by Gasteiger charge is 2.32. The number of hydrogen-bond acceptors (Lipinski definition) is 5. The third-order valence-corrected chi connectivity index (χ3v) is 3.17. The molecule has 11 heteroatoms. The van der Waals surface area contributed by atoms with Gasteiger partial charge in [0.2, 0.25) is 0 Å². The van der Waals surface area contributed by atoms with E-state index in [2.05, 4.69) is 9.72 Å². The SMILES string of the molecule is COc1c(F)c(N)c(N)c(F)c1C(=O)Nc1cc(C(F)(F)F)ccn1. The van der Waals surface area contributed by atoms with Gasteiger partial charge < -0.3 is 21.5 Å². The number of ether oxygens (including phenoxy) is 1. The van der Waals surface area contributed by atoms with Crippen molar-refractivity contribution in [3.05, 3.63) is 41.1 Å². The van der Waals surface area contributed by atoms with Crippen molar-refractivity contribution >= 4 is 23.1 Å². The molecule has 2 rings (SSSR count). The summed E-state index contributed by atoms with van der Waals surface area (Å²) in [6, 6.07) is 1.21. The summed E-state index contributed by atoms with van der Waals surface area (Å²) in [6.45, 7) is 0. The minimum absolute atomic E-state index is 0.527. The highest BCUT2D eigenvalue weighted by Crippen LogP contribution is 2.36. The van der Waals surface area contributed by atoms with Crippen molar-refractivity contribution in [3.8, 4) is 5.75 Å². The van der Waals surface area contributed by atoms with Crippen LogP contribution in [0.2, 0.25) is 0 Å².